The first kappa shape index (κ1) is 21.0. The van der Waals surface area contributed by atoms with E-state index in [1.54, 1.807) is 7.11 Å². The Morgan fingerprint density at radius 3 is 2.28 bits per heavy atom. The van der Waals surface area contributed by atoms with Crippen molar-refractivity contribution in [3.05, 3.63) is 59.2 Å². The van der Waals surface area contributed by atoms with Gasteiger partial charge in [-0.15, -0.1) is 0 Å². The van der Waals surface area contributed by atoms with Crippen LogP contribution >= 0.6 is 0 Å². The summed E-state index contributed by atoms with van der Waals surface area (Å²) in [4.78, 5) is 13.2. The summed E-state index contributed by atoms with van der Waals surface area (Å²) in [7, 11) is 1.64. The summed E-state index contributed by atoms with van der Waals surface area (Å²) in [5.41, 5.74) is 3.25. The largest absolute Gasteiger partial charge is 0.493 e. The van der Waals surface area contributed by atoms with Crippen molar-refractivity contribution in [1.29, 1.82) is 0 Å². The second-order valence-electron chi connectivity index (χ2n) is 8.79. The van der Waals surface area contributed by atoms with Gasteiger partial charge in [-0.2, -0.15) is 0 Å². The van der Waals surface area contributed by atoms with Gasteiger partial charge in [0.25, 0.3) is 0 Å². The van der Waals surface area contributed by atoms with E-state index in [1.165, 1.54) is 16.0 Å². The van der Waals surface area contributed by atoms with Crippen molar-refractivity contribution in [2.24, 2.45) is 0 Å². The number of benzene rings is 2. The minimum atomic E-state index is -0.905. The highest BCUT2D eigenvalue weighted by atomic mass is 16.5. The summed E-state index contributed by atoms with van der Waals surface area (Å²) in [6, 6.07) is 14.3. The topological polar surface area (TPSA) is 59.0 Å². The lowest BCUT2D eigenvalue weighted by molar-refractivity contribution is 0.0968. The zero-order valence-electron chi connectivity index (χ0n) is 17.9. The quantitative estimate of drug-likeness (QED) is 0.735. The third kappa shape index (κ3) is 4.84. The maximum atomic E-state index is 11.7. The highest BCUT2D eigenvalue weighted by Gasteiger charge is 2.28. The van der Waals surface area contributed by atoms with E-state index >= 15 is 0 Å². The Balaban J connectivity index is 1.77. The first-order valence-electron chi connectivity index (χ1n) is 10.1. The number of ether oxygens (including phenoxy) is 2. The Kier molecular flexibility index (Phi) is 6.06. The first-order valence-corrected chi connectivity index (χ1v) is 10.1. The van der Waals surface area contributed by atoms with Crippen LogP contribution in [0.1, 0.15) is 50.3 Å². The number of amides is 1. The van der Waals surface area contributed by atoms with Crippen molar-refractivity contribution in [3.8, 4) is 11.5 Å². The summed E-state index contributed by atoms with van der Waals surface area (Å²) in [6.07, 6.45) is 0.946. The molecule has 1 unspecified atom stereocenters. The molecule has 2 aromatic rings. The third-order valence-corrected chi connectivity index (χ3v) is 5.56. The van der Waals surface area contributed by atoms with E-state index in [1.807, 2.05) is 45.9 Å². The van der Waals surface area contributed by atoms with Gasteiger partial charge < -0.3 is 19.5 Å². The fourth-order valence-electron chi connectivity index (χ4n) is 3.89. The number of hydrogen-bond donors (Lipinski definition) is 1. The van der Waals surface area contributed by atoms with Crippen LogP contribution in [0.3, 0.4) is 0 Å². The van der Waals surface area contributed by atoms with Crippen LogP contribution in [0.2, 0.25) is 0 Å². The number of hydrogen-bond acceptors (Lipinski definition) is 3. The van der Waals surface area contributed by atoms with Gasteiger partial charge in [0.05, 0.1) is 7.11 Å². The number of fused-ring (bicyclic) bond motifs is 1. The lowest BCUT2D eigenvalue weighted by atomic mass is 9.97. The zero-order valence-corrected chi connectivity index (χ0v) is 17.9. The molecule has 0 spiro atoms. The molecule has 0 saturated heterocycles. The predicted molar refractivity (Wildman–Crippen MR) is 114 cm³/mol. The molecule has 5 heteroatoms. The monoisotopic (exact) mass is 397 g/mol. The van der Waals surface area contributed by atoms with E-state index in [0.29, 0.717) is 18.0 Å². The fourth-order valence-corrected chi connectivity index (χ4v) is 3.89. The van der Waals surface area contributed by atoms with Crippen molar-refractivity contribution in [2.45, 2.75) is 58.1 Å². The molecule has 2 aromatic carbocycles. The Morgan fingerprint density at radius 2 is 1.76 bits per heavy atom. The number of nitrogens with zero attached hydrogens (tertiary/aromatic N) is 1. The van der Waals surface area contributed by atoms with Gasteiger partial charge in [-0.05, 0) is 55.5 Å². The van der Waals surface area contributed by atoms with E-state index in [0.717, 1.165) is 18.4 Å². The van der Waals surface area contributed by atoms with Gasteiger partial charge in [-0.1, -0.05) is 37.3 Å². The van der Waals surface area contributed by atoms with Crippen molar-refractivity contribution < 1.29 is 19.4 Å². The minimum absolute atomic E-state index is 0.0272. The van der Waals surface area contributed by atoms with Crippen molar-refractivity contribution in [1.82, 2.24) is 4.90 Å². The molecule has 0 heterocycles. The smallest absolute Gasteiger partial charge is 0.407 e. The van der Waals surface area contributed by atoms with E-state index in [4.69, 9.17) is 9.47 Å². The molecular weight excluding hydrogens is 366 g/mol. The molecular formula is C24H31NO4. The molecule has 1 aliphatic carbocycles. The highest BCUT2D eigenvalue weighted by molar-refractivity contribution is 5.66. The van der Waals surface area contributed by atoms with Gasteiger partial charge in [-0.25, -0.2) is 4.79 Å². The number of rotatable bonds is 6. The third-order valence-electron chi connectivity index (χ3n) is 5.56. The standard InChI is InChI=1S/C24H31NO4/c1-16(15-25(23(26)27)24(2,3)4)17-10-11-21(28-5)22(14-17)29-20-12-18-8-6-7-9-19(18)13-20/h6-11,14,16,20H,12-13,15H2,1-5H3,(H,26,27). The summed E-state index contributed by atoms with van der Waals surface area (Å²) >= 11 is 0. The van der Waals surface area contributed by atoms with E-state index in [-0.39, 0.29) is 12.0 Å². The number of carbonyl (C=O) groups is 1. The summed E-state index contributed by atoms with van der Waals surface area (Å²) in [6.45, 7) is 8.19. The predicted octanol–water partition coefficient (Wildman–Crippen LogP) is 5.12. The van der Waals surface area contributed by atoms with Gasteiger partial charge in [0.1, 0.15) is 6.10 Å². The van der Waals surface area contributed by atoms with Crippen LogP contribution in [-0.2, 0) is 12.8 Å². The minimum Gasteiger partial charge on any atom is -0.493 e. The highest BCUT2D eigenvalue weighted by Crippen LogP contribution is 2.35. The molecule has 3 rings (SSSR count). The molecule has 0 bridgehead atoms. The normalized spacial score (nSPS) is 14.9. The van der Waals surface area contributed by atoms with E-state index in [2.05, 4.69) is 24.3 Å². The van der Waals surface area contributed by atoms with E-state index in [9.17, 15) is 9.90 Å². The molecule has 0 saturated carbocycles. The van der Waals surface area contributed by atoms with Crippen molar-refractivity contribution in [2.75, 3.05) is 13.7 Å². The number of carboxylic acid groups (broad SMARTS) is 1. The molecule has 29 heavy (non-hydrogen) atoms. The Labute approximate surface area is 173 Å². The first-order chi connectivity index (χ1) is 13.7. The average molecular weight is 398 g/mol. The van der Waals surface area contributed by atoms with Gasteiger partial charge in [0.15, 0.2) is 11.5 Å². The van der Waals surface area contributed by atoms with Crippen LogP contribution in [0.4, 0.5) is 4.79 Å². The van der Waals surface area contributed by atoms with Crippen LogP contribution in [0, 0.1) is 0 Å². The summed E-state index contributed by atoms with van der Waals surface area (Å²) in [5.74, 6) is 1.44. The summed E-state index contributed by atoms with van der Waals surface area (Å²) in [5, 5.41) is 9.60. The Hall–Kier alpha value is -2.69. The van der Waals surface area contributed by atoms with Gasteiger partial charge in [0.2, 0.25) is 0 Å². The molecule has 5 nitrogen and oxygen atoms in total. The molecule has 1 aliphatic rings. The lowest BCUT2D eigenvalue weighted by Gasteiger charge is -2.35. The molecule has 0 fully saturated rings. The van der Waals surface area contributed by atoms with Gasteiger partial charge in [0, 0.05) is 24.9 Å². The van der Waals surface area contributed by atoms with Gasteiger partial charge >= 0.3 is 6.09 Å². The molecule has 0 aromatic heterocycles. The van der Waals surface area contributed by atoms with Gasteiger partial charge in [-0.3, -0.25) is 0 Å². The van der Waals surface area contributed by atoms with Crippen LogP contribution < -0.4 is 9.47 Å². The molecule has 1 amide bonds. The van der Waals surface area contributed by atoms with Crippen LogP contribution in [0.5, 0.6) is 11.5 Å². The maximum absolute atomic E-state index is 11.7. The van der Waals surface area contributed by atoms with Crippen molar-refractivity contribution in [3.63, 3.8) is 0 Å². The van der Waals surface area contributed by atoms with Crippen LogP contribution in [-0.4, -0.2) is 41.4 Å². The van der Waals surface area contributed by atoms with Crippen molar-refractivity contribution >= 4 is 6.09 Å². The average Bonchev–Trinajstić information content (AvgIpc) is 3.07. The fraction of sp³-hybridized carbons (Fsp3) is 0.458. The second kappa shape index (κ2) is 8.36. The molecule has 0 aliphatic heterocycles. The maximum Gasteiger partial charge on any atom is 0.407 e. The molecule has 1 atom stereocenters. The Bertz CT molecular complexity index is 846. The van der Waals surface area contributed by atoms with E-state index < -0.39 is 11.6 Å². The SMILES string of the molecule is COc1ccc(C(C)CN(C(=O)O)C(C)(C)C)cc1OC1Cc2ccccc2C1. The molecule has 1 N–H and O–H groups in total. The van der Waals surface area contributed by atoms with Crippen LogP contribution in [0.15, 0.2) is 42.5 Å². The van der Waals surface area contributed by atoms with Crippen LogP contribution in [0.25, 0.3) is 0 Å². The summed E-state index contributed by atoms with van der Waals surface area (Å²) < 4.78 is 11.8. The zero-order chi connectivity index (χ0) is 21.2. The Morgan fingerprint density at radius 1 is 1.14 bits per heavy atom. The number of methoxy groups -OCH3 is 1. The lowest BCUT2D eigenvalue weighted by Crippen LogP contribution is -2.46. The molecule has 156 valence electrons. The second-order valence-corrected chi connectivity index (χ2v) is 8.79. The molecule has 0 radical (unpaired) electrons.